The third-order valence-electron chi connectivity index (χ3n) is 6.93. The average molecular weight is 423 g/mol. The summed E-state index contributed by atoms with van der Waals surface area (Å²) < 4.78 is 15.2. The van der Waals surface area contributed by atoms with Gasteiger partial charge in [0.15, 0.2) is 0 Å². The van der Waals surface area contributed by atoms with E-state index in [1.807, 2.05) is 35.1 Å². The molecule has 1 saturated carbocycles. The van der Waals surface area contributed by atoms with E-state index >= 15 is 0 Å². The number of hydrogen-bond donors (Lipinski definition) is 1. The summed E-state index contributed by atoms with van der Waals surface area (Å²) in [5, 5.41) is 16.5. The number of halogens is 2. The number of allylic oxidation sites excluding steroid dienone is 1. The van der Waals surface area contributed by atoms with Gasteiger partial charge in [0, 0.05) is 5.02 Å². The molecule has 2 aromatic carbocycles. The maximum atomic E-state index is 13.3. The van der Waals surface area contributed by atoms with Crippen molar-refractivity contribution in [2.45, 2.75) is 38.7 Å². The van der Waals surface area contributed by atoms with E-state index in [0.29, 0.717) is 5.02 Å². The molecular formula is C25H24ClFN2O. The molecule has 0 spiro atoms. The van der Waals surface area contributed by atoms with Crippen molar-refractivity contribution >= 4 is 17.7 Å². The maximum absolute atomic E-state index is 13.3. The fourth-order valence-corrected chi connectivity index (χ4v) is 5.39. The Kier molecular flexibility index (Phi) is 4.79. The van der Waals surface area contributed by atoms with Gasteiger partial charge in [-0.05, 0) is 90.6 Å². The maximum Gasteiger partial charge on any atom is 0.123 e. The number of fused-ring (bicyclic) bond motifs is 2. The van der Waals surface area contributed by atoms with E-state index in [1.165, 1.54) is 23.3 Å². The van der Waals surface area contributed by atoms with Crippen molar-refractivity contribution in [2.75, 3.05) is 0 Å². The lowest BCUT2D eigenvalue weighted by molar-refractivity contribution is 0.0217. The van der Waals surface area contributed by atoms with Crippen LogP contribution >= 0.6 is 11.6 Å². The zero-order valence-electron chi connectivity index (χ0n) is 16.9. The standard InChI is InChI=1S/C25H24ClFN2O/c1-25-14-17-15-28-29(21-11-9-20(27)10-12-21)23(17)13-18(25)3-2-4-22(25)24(30)16-5-7-19(26)8-6-16/h5-13,15,22,24,30H,2-4,14H2,1H3/t22-,24?,25+/m1/s1. The van der Waals surface area contributed by atoms with Crippen molar-refractivity contribution in [3.8, 4) is 5.69 Å². The highest BCUT2D eigenvalue weighted by molar-refractivity contribution is 6.30. The number of aliphatic hydroxyl groups excluding tert-OH is 1. The van der Waals surface area contributed by atoms with Gasteiger partial charge in [-0.25, -0.2) is 9.07 Å². The Hall–Kier alpha value is -2.43. The summed E-state index contributed by atoms with van der Waals surface area (Å²) in [4.78, 5) is 0. The van der Waals surface area contributed by atoms with Crippen LogP contribution in [0.25, 0.3) is 11.8 Å². The molecule has 30 heavy (non-hydrogen) atoms. The number of hydrogen-bond acceptors (Lipinski definition) is 2. The number of rotatable bonds is 3. The largest absolute Gasteiger partial charge is 0.388 e. The van der Waals surface area contributed by atoms with E-state index in [9.17, 15) is 9.50 Å². The summed E-state index contributed by atoms with van der Waals surface area (Å²) in [6, 6.07) is 14.0. The van der Waals surface area contributed by atoms with Crippen molar-refractivity contribution in [1.82, 2.24) is 9.78 Å². The molecule has 0 bridgehead atoms. The monoisotopic (exact) mass is 422 g/mol. The summed E-state index contributed by atoms with van der Waals surface area (Å²) in [7, 11) is 0. The van der Waals surface area contributed by atoms with Crippen molar-refractivity contribution in [2.24, 2.45) is 11.3 Å². The fraction of sp³-hybridized carbons (Fsp3) is 0.320. The van der Waals surface area contributed by atoms with Crippen molar-refractivity contribution in [1.29, 1.82) is 0 Å². The summed E-state index contributed by atoms with van der Waals surface area (Å²) in [5.74, 6) is -0.127. The minimum absolute atomic E-state index is 0.124. The van der Waals surface area contributed by atoms with Gasteiger partial charge in [-0.15, -0.1) is 0 Å². The van der Waals surface area contributed by atoms with Crippen LogP contribution in [0.1, 0.15) is 49.1 Å². The zero-order valence-corrected chi connectivity index (χ0v) is 17.6. The van der Waals surface area contributed by atoms with Crippen LogP contribution in [-0.2, 0) is 6.42 Å². The Morgan fingerprint density at radius 1 is 1.17 bits per heavy atom. The number of aliphatic hydroxyl groups is 1. The van der Waals surface area contributed by atoms with Crippen LogP contribution < -0.4 is 0 Å². The van der Waals surface area contributed by atoms with Crippen LogP contribution in [0.5, 0.6) is 0 Å². The van der Waals surface area contributed by atoms with Gasteiger partial charge in [0.25, 0.3) is 0 Å². The number of benzene rings is 2. The molecule has 0 saturated heterocycles. The fourth-order valence-electron chi connectivity index (χ4n) is 5.27. The Balaban J connectivity index is 1.51. The normalized spacial score (nSPS) is 24.0. The molecule has 3 nitrogen and oxygen atoms in total. The summed E-state index contributed by atoms with van der Waals surface area (Å²) in [6.45, 7) is 2.28. The Morgan fingerprint density at radius 2 is 1.90 bits per heavy atom. The van der Waals surface area contributed by atoms with Gasteiger partial charge in [0.2, 0.25) is 0 Å². The van der Waals surface area contributed by atoms with E-state index in [4.69, 9.17) is 11.6 Å². The van der Waals surface area contributed by atoms with Gasteiger partial charge in [-0.2, -0.15) is 5.10 Å². The van der Waals surface area contributed by atoms with Gasteiger partial charge in [-0.1, -0.05) is 36.2 Å². The van der Waals surface area contributed by atoms with Crippen LogP contribution in [-0.4, -0.2) is 14.9 Å². The van der Waals surface area contributed by atoms with E-state index < -0.39 is 6.10 Å². The molecule has 1 fully saturated rings. The lowest BCUT2D eigenvalue weighted by Gasteiger charge is -2.47. The van der Waals surface area contributed by atoms with Gasteiger partial charge < -0.3 is 5.11 Å². The molecule has 1 N–H and O–H groups in total. The SMILES string of the molecule is C[C@]12Cc3cnn(-c4ccc(F)cc4)c3C=C1CCC[C@@H]2C(O)c1ccc(Cl)cc1. The van der Waals surface area contributed by atoms with Crippen LogP contribution in [0, 0.1) is 17.2 Å². The van der Waals surface area contributed by atoms with Crippen LogP contribution in [0.3, 0.4) is 0 Å². The molecule has 1 heterocycles. The van der Waals surface area contributed by atoms with Crippen molar-refractivity contribution in [3.63, 3.8) is 0 Å². The molecule has 0 amide bonds. The van der Waals surface area contributed by atoms with Gasteiger partial charge >= 0.3 is 0 Å². The molecule has 5 rings (SSSR count). The van der Waals surface area contributed by atoms with Crippen LogP contribution in [0.2, 0.25) is 5.02 Å². The van der Waals surface area contributed by atoms with E-state index in [0.717, 1.165) is 42.6 Å². The lowest BCUT2D eigenvalue weighted by Crippen LogP contribution is -2.40. The molecule has 2 aliphatic carbocycles. The minimum atomic E-state index is -0.537. The Labute approximate surface area is 180 Å². The van der Waals surface area contributed by atoms with Crippen molar-refractivity contribution in [3.05, 3.63) is 88.0 Å². The molecule has 3 aromatic rings. The van der Waals surface area contributed by atoms with Gasteiger partial charge in [-0.3, -0.25) is 0 Å². The molecule has 1 unspecified atom stereocenters. The Bertz CT molecular complexity index is 1100. The highest BCUT2D eigenvalue weighted by atomic mass is 35.5. The smallest absolute Gasteiger partial charge is 0.123 e. The first-order valence-electron chi connectivity index (χ1n) is 10.4. The van der Waals surface area contributed by atoms with Crippen LogP contribution in [0.4, 0.5) is 4.39 Å². The van der Waals surface area contributed by atoms with Gasteiger partial charge in [0.1, 0.15) is 5.82 Å². The lowest BCUT2D eigenvalue weighted by atomic mass is 9.57. The second-order valence-corrected chi connectivity index (χ2v) is 9.14. The molecular weight excluding hydrogens is 399 g/mol. The Morgan fingerprint density at radius 3 is 2.63 bits per heavy atom. The topological polar surface area (TPSA) is 38.0 Å². The highest BCUT2D eigenvalue weighted by Gasteiger charge is 2.46. The number of nitrogens with zero attached hydrogens (tertiary/aromatic N) is 2. The van der Waals surface area contributed by atoms with E-state index in [1.54, 1.807) is 12.1 Å². The molecule has 0 aliphatic heterocycles. The van der Waals surface area contributed by atoms with Crippen LogP contribution in [0.15, 0.2) is 60.3 Å². The molecule has 5 heteroatoms. The molecule has 1 aromatic heterocycles. The predicted molar refractivity (Wildman–Crippen MR) is 117 cm³/mol. The predicted octanol–water partition coefficient (Wildman–Crippen LogP) is 6.14. The molecule has 2 aliphatic rings. The van der Waals surface area contributed by atoms with Crippen molar-refractivity contribution < 1.29 is 9.50 Å². The second-order valence-electron chi connectivity index (χ2n) is 8.70. The van der Waals surface area contributed by atoms with E-state index in [2.05, 4.69) is 18.1 Å². The quantitative estimate of drug-likeness (QED) is 0.550. The van der Waals surface area contributed by atoms with Gasteiger partial charge in [0.05, 0.1) is 23.7 Å². The minimum Gasteiger partial charge on any atom is -0.388 e. The summed E-state index contributed by atoms with van der Waals surface area (Å²) in [5.41, 5.74) is 5.24. The molecule has 154 valence electrons. The highest BCUT2D eigenvalue weighted by Crippen LogP contribution is 2.54. The summed E-state index contributed by atoms with van der Waals surface area (Å²) >= 11 is 6.04. The zero-order chi connectivity index (χ0) is 20.9. The summed E-state index contributed by atoms with van der Waals surface area (Å²) in [6.07, 6.45) is 7.52. The van der Waals surface area contributed by atoms with E-state index in [-0.39, 0.29) is 17.2 Å². The first-order chi connectivity index (χ1) is 14.5. The second kappa shape index (κ2) is 7.36. The molecule has 0 radical (unpaired) electrons. The number of aromatic nitrogens is 2. The average Bonchev–Trinajstić information content (AvgIpc) is 3.14. The molecule has 3 atom stereocenters. The first-order valence-corrected chi connectivity index (χ1v) is 10.8. The third kappa shape index (κ3) is 3.19. The third-order valence-corrected chi connectivity index (χ3v) is 7.18. The first kappa shape index (κ1) is 19.5.